The predicted molar refractivity (Wildman–Crippen MR) is 127 cm³/mol. The summed E-state index contributed by atoms with van der Waals surface area (Å²) in [5, 5.41) is 8.27. The molecule has 4 nitrogen and oxygen atoms in total. The van der Waals surface area contributed by atoms with Crippen molar-refractivity contribution >= 4 is 33.8 Å². The van der Waals surface area contributed by atoms with Crippen molar-refractivity contribution < 1.29 is 9.21 Å². The minimum Gasteiger partial charge on any atom is -0.457 e. The van der Waals surface area contributed by atoms with Gasteiger partial charge in [-0.25, -0.2) is 0 Å². The van der Waals surface area contributed by atoms with Crippen molar-refractivity contribution in [3.63, 3.8) is 0 Å². The molecule has 1 aliphatic heterocycles. The summed E-state index contributed by atoms with van der Waals surface area (Å²) in [6.07, 6.45) is 2.78. The van der Waals surface area contributed by atoms with Gasteiger partial charge in [-0.1, -0.05) is 44.5 Å². The van der Waals surface area contributed by atoms with Gasteiger partial charge in [-0.3, -0.25) is 4.79 Å². The second kappa shape index (κ2) is 7.42. The number of carbonyl (C=O) groups excluding carboxylic acids is 1. The lowest BCUT2D eigenvalue weighted by atomic mass is 9.72. The summed E-state index contributed by atoms with van der Waals surface area (Å²) < 4.78 is 6.10. The maximum Gasteiger partial charge on any atom is 0.256 e. The summed E-state index contributed by atoms with van der Waals surface area (Å²) in [6.45, 7) is 8.91. The van der Waals surface area contributed by atoms with Gasteiger partial charge in [0.05, 0.1) is 5.56 Å². The van der Waals surface area contributed by atoms with Crippen LogP contribution in [0.1, 0.15) is 65.5 Å². The van der Waals surface area contributed by atoms with Crippen LogP contribution in [0.3, 0.4) is 0 Å². The molecule has 0 unspecified atom stereocenters. The fourth-order valence-electron chi connectivity index (χ4n) is 4.59. The van der Waals surface area contributed by atoms with E-state index in [1.165, 1.54) is 10.4 Å². The maximum atomic E-state index is 13.0. The van der Waals surface area contributed by atoms with E-state index in [0.717, 1.165) is 46.7 Å². The molecule has 1 aromatic carbocycles. The van der Waals surface area contributed by atoms with E-state index < -0.39 is 0 Å². The number of fused-ring (bicyclic) bond motifs is 3. The quantitative estimate of drug-likeness (QED) is 0.439. The number of anilines is 1. The standard InChI is InChI=1S/C25H27ClN2O2S/c1-13-5-6-14(11-17(13)26)18-9-10-19(30-18)22-27-23(29)21-16-8-7-15(25(2,3)4)12-20(16)31-24(21)28-22/h5-6,9-11,15,22,28H,7-8,12H2,1-4H3,(H,27,29)/t15-,22-/m1/s1. The number of hydrogen-bond donors (Lipinski definition) is 2. The van der Waals surface area contributed by atoms with Gasteiger partial charge in [-0.2, -0.15) is 0 Å². The molecule has 3 aromatic rings. The first-order valence-corrected chi connectivity index (χ1v) is 12.0. The van der Waals surface area contributed by atoms with E-state index in [9.17, 15) is 4.79 Å². The average molecular weight is 455 g/mol. The van der Waals surface area contributed by atoms with Crippen LogP contribution in [0.2, 0.25) is 5.02 Å². The molecular weight excluding hydrogens is 428 g/mol. The minimum absolute atomic E-state index is 0.0122. The third-order valence-electron chi connectivity index (χ3n) is 6.64. The normalized spacial score (nSPS) is 20.6. The van der Waals surface area contributed by atoms with E-state index in [2.05, 4.69) is 31.4 Å². The highest BCUT2D eigenvalue weighted by Crippen LogP contribution is 2.46. The van der Waals surface area contributed by atoms with Crippen molar-refractivity contribution in [2.24, 2.45) is 11.3 Å². The topological polar surface area (TPSA) is 54.3 Å². The van der Waals surface area contributed by atoms with Crippen molar-refractivity contribution in [3.8, 4) is 11.3 Å². The molecule has 0 fully saturated rings. The molecule has 3 heterocycles. The Labute approximate surface area is 192 Å². The Bertz CT molecular complexity index is 1170. The van der Waals surface area contributed by atoms with Gasteiger partial charge in [0.2, 0.25) is 0 Å². The Balaban J connectivity index is 1.41. The van der Waals surface area contributed by atoms with Gasteiger partial charge >= 0.3 is 0 Å². The molecule has 31 heavy (non-hydrogen) atoms. The van der Waals surface area contributed by atoms with Gasteiger partial charge in [-0.15, -0.1) is 11.3 Å². The molecular formula is C25H27ClN2O2S. The SMILES string of the molecule is Cc1ccc(-c2ccc([C@@H]3NC(=O)c4c(sc5c4CC[C@@H](C(C)(C)C)C5)N3)o2)cc1Cl. The van der Waals surface area contributed by atoms with E-state index in [0.29, 0.717) is 16.7 Å². The van der Waals surface area contributed by atoms with Crippen molar-refractivity contribution in [1.29, 1.82) is 0 Å². The Morgan fingerprint density at radius 1 is 1.16 bits per heavy atom. The first-order valence-electron chi connectivity index (χ1n) is 10.8. The molecule has 0 radical (unpaired) electrons. The number of benzene rings is 1. The van der Waals surface area contributed by atoms with Crippen LogP contribution in [0.15, 0.2) is 34.7 Å². The number of amides is 1. The molecule has 5 rings (SSSR count). The van der Waals surface area contributed by atoms with Crippen LogP contribution in [0.25, 0.3) is 11.3 Å². The van der Waals surface area contributed by atoms with E-state index in [-0.39, 0.29) is 17.5 Å². The molecule has 2 N–H and O–H groups in total. The van der Waals surface area contributed by atoms with E-state index in [4.69, 9.17) is 16.0 Å². The van der Waals surface area contributed by atoms with Crippen LogP contribution in [-0.4, -0.2) is 5.91 Å². The molecule has 2 atom stereocenters. The zero-order valence-electron chi connectivity index (χ0n) is 18.3. The van der Waals surface area contributed by atoms with Crippen molar-refractivity contribution in [1.82, 2.24) is 5.32 Å². The second-order valence-electron chi connectivity index (χ2n) is 9.73. The Morgan fingerprint density at radius 2 is 1.97 bits per heavy atom. The zero-order chi connectivity index (χ0) is 21.9. The summed E-state index contributed by atoms with van der Waals surface area (Å²) in [5.41, 5.74) is 4.30. The van der Waals surface area contributed by atoms with Crippen LogP contribution in [0, 0.1) is 18.3 Å². The highest BCUT2D eigenvalue weighted by Gasteiger charge is 2.37. The van der Waals surface area contributed by atoms with E-state index >= 15 is 0 Å². The highest BCUT2D eigenvalue weighted by molar-refractivity contribution is 7.16. The summed E-state index contributed by atoms with van der Waals surface area (Å²) in [6, 6.07) is 9.72. The van der Waals surface area contributed by atoms with Gasteiger partial charge in [0.15, 0.2) is 6.17 Å². The lowest BCUT2D eigenvalue weighted by Gasteiger charge is -2.34. The zero-order valence-corrected chi connectivity index (χ0v) is 19.8. The minimum atomic E-state index is -0.381. The first kappa shape index (κ1) is 20.7. The fraction of sp³-hybridized carbons (Fsp3) is 0.400. The van der Waals surface area contributed by atoms with E-state index in [1.807, 2.05) is 37.3 Å². The summed E-state index contributed by atoms with van der Waals surface area (Å²) in [4.78, 5) is 14.4. The molecule has 162 valence electrons. The first-order chi connectivity index (χ1) is 14.7. The van der Waals surface area contributed by atoms with Gasteiger partial charge in [0.1, 0.15) is 16.5 Å². The third kappa shape index (κ3) is 3.68. The van der Waals surface area contributed by atoms with Crippen LogP contribution < -0.4 is 10.6 Å². The molecule has 6 heteroatoms. The molecule has 1 amide bonds. The number of thiophene rings is 1. The fourth-order valence-corrected chi connectivity index (χ4v) is 6.12. The Morgan fingerprint density at radius 3 is 2.71 bits per heavy atom. The van der Waals surface area contributed by atoms with Crippen LogP contribution in [0.5, 0.6) is 0 Å². The molecule has 1 aliphatic carbocycles. The Kier molecular flexibility index (Phi) is 4.94. The van der Waals surface area contributed by atoms with Crippen LogP contribution in [0.4, 0.5) is 5.00 Å². The summed E-state index contributed by atoms with van der Waals surface area (Å²) >= 11 is 8.01. The smallest absolute Gasteiger partial charge is 0.256 e. The second-order valence-corrected chi connectivity index (χ2v) is 11.2. The molecule has 0 saturated heterocycles. The Hall–Kier alpha value is -2.24. The number of nitrogens with one attached hydrogen (secondary N) is 2. The number of hydrogen-bond acceptors (Lipinski definition) is 4. The third-order valence-corrected chi connectivity index (χ3v) is 8.23. The number of halogens is 1. The van der Waals surface area contributed by atoms with Crippen LogP contribution >= 0.6 is 22.9 Å². The molecule has 0 saturated carbocycles. The lowest BCUT2D eigenvalue weighted by Crippen LogP contribution is -2.38. The van der Waals surface area contributed by atoms with Gasteiger partial charge in [0.25, 0.3) is 5.91 Å². The van der Waals surface area contributed by atoms with Gasteiger partial charge < -0.3 is 15.1 Å². The molecule has 2 aliphatic rings. The highest BCUT2D eigenvalue weighted by atomic mass is 35.5. The van der Waals surface area contributed by atoms with E-state index in [1.54, 1.807) is 11.3 Å². The molecule has 0 bridgehead atoms. The number of rotatable bonds is 2. The number of carbonyl (C=O) groups is 1. The summed E-state index contributed by atoms with van der Waals surface area (Å²) in [5.74, 6) is 2.05. The largest absolute Gasteiger partial charge is 0.457 e. The molecule has 0 spiro atoms. The summed E-state index contributed by atoms with van der Waals surface area (Å²) in [7, 11) is 0. The lowest BCUT2D eigenvalue weighted by molar-refractivity contribution is 0.0930. The van der Waals surface area contributed by atoms with Crippen molar-refractivity contribution in [3.05, 3.63) is 62.7 Å². The van der Waals surface area contributed by atoms with Crippen molar-refractivity contribution in [2.75, 3.05) is 5.32 Å². The number of furan rings is 1. The number of aryl methyl sites for hydroxylation is 1. The van der Waals surface area contributed by atoms with Gasteiger partial charge in [0, 0.05) is 15.5 Å². The predicted octanol–water partition coefficient (Wildman–Crippen LogP) is 6.98. The van der Waals surface area contributed by atoms with Gasteiger partial charge in [-0.05, 0) is 66.8 Å². The molecule has 2 aromatic heterocycles. The van der Waals surface area contributed by atoms with Crippen LogP contribution in [-0.2, 0) is 12.8 Å². The monoisotopic (exact) mass is 454 g/mol. The average Bonchev–Trinajstić information content (AvgIpc) is 3.33. The maximum absolute atomic E-state index is 13.0. The van der Waals surface area contributed by atoms with Crippen molar-refractivity contribution in [2.45, 2.75) is 53.1 Å².